The molecule has 1 aliphatic heterocycles. The Bertz CT molecular complexity index is 484. The van der Waals surface area contributed by atoms with E-state index < -0.39 is 5.82 Å². The number of anilines is 1. The molecule has 1 amide bonds. The van der Waals surface area contributed by atoms with Crippen molar-refractivity contribution >= 4 is 23.2 Å². The molecule has 1 aromatic carbocycles. The first-order chi connectivity index (χ1) is 9.13. The predicted molar refractivity (Wildman–Crippen MR) is 72.9 cm³/mol. The lowest BCUT2D eigenvalue weighted by atomic mass is 10.0. The van der Waals surface area contributed by atoms with Gasteiger partial charge in [-0.05, 0) is 43.9 Å². The van der Waals surface area contributed by atoms with Crippen LogP contribution in [-0.2, 0) is 4.79 Å². The average Bonchev–Trinajstić information content (AvgIpc) is 3.14. The summed E-state index contributed by atoms with van der Waals surface area (Å²) in [6.07, 6.45) is 4.07. The van der Waals surface area contributed by atoms with E-state index in [1.165, 1.54) is 12.1 Å². The summed E-state index contributed by atoms with van der Waals surface area (Å²) in [5.74, 6) is -0.382. The molecule has 0 spiro atoms. The maximum atomic E-state index is 13.4. The number of hydrogen-bond donors (Lipinski definition) is 1. The van der Waals surface area contributed by atoms with Gasteiger partial charge in [0.05, 0.1) is 6.04 Å². The molecule has 102 valence electrons. The third-order valence-electron chi connectivity index (χ3n) is 3.61. The maximum Gasteiger partial charge on any atom is 0.244 e. The molecule has 2 fully saturated rings. The van der Waals surface area contributed by atoms with E-state index in [4.69, 9.17) is 11.6 Å². The van der Waals surface area contributed by atoms with Crippen LogP contribution < -0.4 is 10.2 Å². The topological polar surface area (TPSA) is 32.3 Å². The van der Waals surface area contributed by atoms with Gasteiger partial charge in [-0.1, -0.05) is 11.6 Å². The van der Waals surface area contributed by atoms with Crippen LogP contribution in [0.2, 0.25) is 5.02 Å². The van der Waals surface area contributed by atoms with E-state index >= 15 is 0 Å². The van der Waals surface area contributed by atoms with Crippen LogP contribution in [0.1, 0.15) is 25.7 Å². The molecule has 2 aliphatic rings. The summed E-state index contributed by atoms with van der Waals surface area (Å²) in [6.45, 7) is 0.626. The number of benzene rings is 1. The summed E-state index contributed by atoms with van der Waals surface area (Å²) < 4.78 is 13.4. The van der Waals surface area contributed by atoms with Gasteiger partial charge in [-0.2, -0.15) is 0 Å². The van der Waals surface area contributed by atoms with Crippen molar-refractivity contribution in [1.82, 2.24) is 5.32 Å². The molecule has 1 unspecified atom stereocenters. The van der Waals surface area contributed by atoms with Crippen molar-refractivity contribution in [2.24, 2.45) is 0 Å². The molecule has 1 saturated carbocycles. The van der Waals surface area contributed by atoms with Crippen molar-refractivity contribution in [1.29, 1.82) is 0 Å². The highest BCUT2D eigenvalue weighted by atomic mass is 35.5. The Hall–Kier alpha value is -1.13. The minimum absolute atomic E-state index is 0.0276. The SMILES string of the molecule is O=C1C(NC2CC2)CCCN1c1cc(F)cc(Cl)c1. The van der Waals surface area contributed by atoms with Gasteiger partial charge < -0.3 is 10.2 Å². The van der Waals surface area contributed by atoms with Gasteiger partial charge in [0.1, 0.15) is 5.82 Å². The predicted octanol–water partition coefficient (Wildman–Crippen LogP) is 2.73. The number of rotatable bonds is 3. The van der Waals surface area contributed by atoms with Crippen LogP contribution in [0.25, 0.3) is 0 Å². The molecular formula is C14H16ClFN2O. The van der Waals surface area contributed by atoms with Crippen molar-refractivity contribution in [3.63, 3.8) is 0 Å². The van der Waals surface area contributed by atoms with Crippen LogP contribution in [0.15, 0.2) is 18.2 Å². The number of hydrogen-bond acceptors (Lipinski definition) is 2. The van der Waals surface area contributed by atoms with Crippen molar-refractivity contribution in [2.45, 2.75) is 37.8 Å². The van der Waals surface area contributed by atoms with Gasteiger partial charge in [0, 0.05) is 23.3 Å². The van der Waals surface area contributed by atoms with Crippen LogP contribution in [0.4, 0.5) is 10.1 Å². The minimum atomic E-state index is -0.410. The van der Waals surface area contributed by atoms with Crippen LogP contribution in [-0.4, -0.2) is 24.5 Å². The minimum Gasteiger partial charge on any atom is -0.311 e. The molecule has 19 heavy (non-hydrogen) atoms. The lowest BCUT2D eigenvalue weighted by molar-refractivity contribution is -0.121. The van der Waals surface area contributed by atoms with E-state index in [2.05, 4.69) is 5.32 Å². The number of carbonyl (C=O) groups is 1. The van der Waals surface area contributed by atoms with E-state index in [1.807, 2.05) is 0 Å². The smallest absolute Gasteiger partial charge is 0.244 e. The second-order valence-electron chi connectivity index (χ2n) is 5.25. The molecule has 1 aromatic rings. The van der Waals surface area contributed by atoms with Gasteiger partial charge in [0.25, 0.3) is 0 Å². The van der Waals surface area contributed by atoms with Crippen LogP contribution in [0, 0.1) is 5.82 Å². The summed E-state index contributed by atoms with van der Waals surface area (Å²) in [5, 5.41) is 3.67. The van der Waals surface area contributed by atoms with Gasteiger partial charge in [-0.15, -0.1) is 0 Å². The highest BCUT2D eigenvalue weighted by Gasteiger charge is 2.34. The largest absolute Gasteiger partial charge is 0.311 e. The average molecular weight is 283 g/mol. The second-order valence-corrected chi connectivity index (χ2v) is 5.69. The van der Waals surface area contributed by atoms with Crippen LogP contribution in [0.3, 0.4) is 0 Å². The third kappa shape index (κ3) is 2.90. The second kappa shape index (κ2) is 5.10. The fraction of sp³-hybridized carbons (Fsp3) is 0.500. The highest BCUT2D eigenvalue weighted by molar-refractivity contribution is 6.31. The van der Waals surface area contributed by atoms with E-state index in [1.54, 1.807) is 11.0 Å². The quantitative estimate of drug-likeness (QED) is 0.924. The molecule has 0 bridgehead atoms. The molecule has 3 nitrogen and oxygen atoms in total. The molecule has 1 saturated heterocycles. The first kappa shape index (κ1) is 12.9. The number of carbonyl (C=O) groups excluding carboxylic acids is 1. The van der Waals surface area contributed by atoms with Gasteiger partial charge in [-0.25, -0.2) is 4.39 Å². The lowest BCUT2D eigenvalue weighted by Gasteiger charge is -2.33. The molecule has 1 N–H and O–H groups in total. The van der Waals surface area contributed by atoms with E-state index in [9.17, 15) is 9.18 Å². The monoisotopic (exact) mass is 282 g/mol. The number of amides is 1. The van der Waals surface area contributed by atoms with Crippen LogP contribution in [0.5, 0.6) is 0 Å². The fourth-order valence-corrected chi connectivity index (χ4v) is 2.73. The first-order valence-corrected chi connectivity index (χ1v) is 7.05. The normalized spacial score (nSPS) is 23.8. The van der Waals surface area contributed by atoms with Crippen molar-refractivity contribution < 1.29 is 9.18 Å². The number of nitrogens with zero attached hydrogens (tertiary/aromatic N) is 1. The Morgan fingerprint density at radius 2 is 2.05 bits per heavy atom. The zero-order chi connectivity index (χ0) is 13.4. The summed E-state index contributed by atoms with van der Waals surface area (Å²) in [7, 11) is 0. The molecule has 1 aliphatic carbocycles. The molecular weight excluding hydrogens is 267 g/mol. The molecule has 1 heterocycles. The standard InChI is InChI=1S/C14H16ClFN2O/c15-9-6-10(16)8-12(7-9)18-5-1-2-13(14(18)19)17-11-3-4-11/h6-8,11,13,17H,1-5H2. The van der Waals surface area contributed by atoms with Gasteiger partial charge >= 0.3 is 0 Å². The lowest BCUT2D eigenvalue weighted by Crippen LogP contribution is -2.51. The Labute approximate surface area is 116 Å². The van der Waals surface area contributed by atoms with Crippen LogP contribution >= 0.6 is 11.6 Å². The zero-order valence-corrected chi connectivity index (χ0v) is 11.3. The van der Waals surface area contributed by atoms with Gasteiger partial charge in [0.2, 0.25) is 5.91 Å². The molecule has 0 aromatic heterocycles. The molecule has 1 atom stereocenters. The van der Waals surface area contributed by atoms with Gasteiger partial charge in [0.15, 0.2) is 0 Å². The van der Waals surface area contributed by atoms with Crippen molar-refractivity contribution in [2.75, 3.05) is 11.4 Å². The Morgan fingerprint density at radius 3 is 2.74 bits per heavy atom. The molecule has 5 heteroatoms. The number of halogens is 2. The summed E-state index contributed by atoms with van der Waals surface area (Å²) in [4.78, 5) is 14.0. The Balaban J connectivity index is 1.80. The number of nitrogens with one attached hydrogen (secondary N) is 1. The summed E-state index contributed by atoms with van der Waals surface area (Å²) >= 11 is 5.85. The first-order valence-electron chi connectivity index (χ1n) is 6.67. The molecule has 0 radical (unpaired) electrons. The van der Waals surface area contributed by atoms with Crippen molar-refractivity contribution in [3.8, 4) is 0 Å². The van der Waals surface area contributed by atoms with E-state index in [-0.39, 0.29) is 11.9 Å². The summed E-state index contributed by atoms with van der Waals surface area (Å²) in [6, 6.07) is 4.61. The zero-order valence-electron chi connectivity index (χ0n) is 10.5. The van der Waals surface area contributed by atoms with Gasteiger partial charge in [-0.3, -0.25) is 4.79 Å². The maximum absolute atomic E-state index is 13.4. The van der Waals surface area contributed by atoms with Crippen molar-refractivity contribution in [3.05, 3.63) is 29.0 Å². The third-order valence-corrected chi connectivity index (χ3v) is 3.83. The van der Waals surface area contributed by atoms with E-state index in [0.29, 0.717) is 23.3 Å². The number of piperidine rings is 1. The van der Waals surface area contributed by atoms with E-state index in [0.717, 1.165) is 25.7 Å². The Morgan fingerprint density at radius 1 is 1.26 bits per heavy atom. The fourth-order valence-electron chi connectivity index (χ4n) is 2.52. The Kier molecular flexibility index (Phi) is 3.46. The molecule has 3 rings (SSSR count). The summed E-state index contributed by atoms with van der Waals surface area (Å²) in [5.41, 5.74) is 0.553. The highest BCUT2D eigenvalue weighted by Crippen LogP contribution is 2.27.